The molecule has 3 unspecified atom stereocenters. The minimum absolute atomic E-state index is 0.0732. The molecule has 2 amide bonds. The van der Waals surface area contributed by atoms with E-state index >= 15 is 0 Å². The van der Waals surface area contributed by atoms with Gasteiger partial charge >= 0.3 is 5.97 Å². The van der Waals surface area contributed by atoms with Gasteiger partial charge in [0, 0.05) is 6.54 Å². The van der Waals surface area contributed by atoms with E-state index in [-0.39, 0.29) is 18.9 Å². The number of nitrogens with two attached hydrogens (primary N) is 2. The van der Waals surface area contributed by atoms with Crippen LogP contribution in [0.5, 0.6) is 0 Å². The second kappa shape index (κ2) is 11.1. The molecular weight excluding hydrogens is 285 g/mol. The zero-order valence-electron chi connectivity index (χ0n) is 13.1. The van der Waals surface area contributed by atoms with E-state index in [0.29, 0.717) is 6.42 Å². The van der Waals surface area contributed by atoms with Crippen molar-refractivity contribution in [2.75, 3.05) is 6.54 Å². The summed E-state index contributed by atoms with van der Waals surface area (Å²) in [5.74, 6) is -2.41. The molecule has 0 aromatic heterocycles. The van der Waals surface area contributed by atoms with Gasteiger partial charge in [-0.15, -0.1) is 0 Å². The average Bonchev–Trinajstić information content (AvgIpc) is 2.45. The normalized spacial score (nSPS) is 21.9. The van der Waals surface area contributed by atoms with Gasteiger partial charge in [0.25, 0.3) is 0 Å². The van der Waals surface area contributed by atoms with Gasteiger partial charge in [-0.2, -0.15) is 0 Å². The number of primary amides is 1. The standard InChI is InChI=1S/C12H21N3O4.C2H5B/c13-9(5-10(14)16)11(17)15-6-7-3-1-2-4-8(7)12(18)19;1-2-3/h7-9H,1-6,13H2,(H2,14,16)(H,15,17)(H,18,19);2H2,1H3. The smallest absolute Gasteiger partial charge is 0.306 e. The molecule has 0 aliphatic heterocycles. The van der Waals surface area contributed by atoms with E-state index in [0.717, 1.165) is 25.6 Å². The van der Waals surface area contributed by atoms with E-state index in [9.17, 15) is 14.4 Å². The van der Waals surface area contributed by atoms with E-state index in [2.05, 4.69) is 5.32 Å². The maximum atomic E-state index is 11.6. The molecule has 124 valence electrons. The molecule has 6 N–H and O–H groups in total. The SMILES string of the molecule is NC(=O)CC(N)C(=O)NCC1CCCCC1C(=O)O.[B]CC. The monoisotopic (exact) mass is 311 g/mol. The Labute approximate surface area is 132 Å². The van der Waals surface area contributed by atoms with Crippen LogP contribution in [-0.2, 0) is 14.4 Å². The van der Waals surface area contributed by atoms with Crippen LogP contribution in [0.25, 0.3) is 0 Å². The molecule has 1 saturated carbocycles. The third-order valence-corrected chi connectivity index (χ3v) is 3.52. The van der Waals surface area contributed by atoms with E-state index in [1.54, 1.807) is 0 Å². The molecule has 1 fully saturated rings. The highest BCUT2D eigenvalue weighted by molar-refractivity contribution is 6.08. The molecule has 0 saturated heterocycles. The van der Waals surface area contributed by atoms with Gasteiger partial charge in [-0.05, 0) is 18.8 Å². The Morgan fingerprint density at radius 1 is 1.32 bits per heavy atom. The molecule has 0 spiro atoms. The number of hydrogen-bond acceptors (Lipinski definition) is 4. The lowest BCUT2D eigenvalue weighted by molar-refractivity contribution is -0.145. The fraction of sp³-hybridized carbons (Fsp3) is 0.786. The molecular formula is C14H26BN3O4. The third kappa shape index (κ3) is 8.02. The predicted molar refractivity (Wildman–Crippen MR) is 84.1 cm³/mol. The highest BCUT2D eigenvalue weighted by Gasteiger charge is 2.31. The van der Waals surface area contributed by atoms with Crippen LogP contribution in [0.2, 0.25) is 6.32 Å². The highest BCUT2D eigenvalue weighted by Crippen LogP contribution is 2.29. The van der Waals surface area contributed by atoms with Crippen molar-refractivity contribution in [3.05, 3.63) is 0 Å². The largest absolute Gasteiger partial charge is 0.481 e. The molecule has 0 aromatic carbocycles. The Morgan fingerprint density at radius 3 is 2.36 bits per heavy atom. The molecule has 0 bridgehead atoms. The average molecular weight is 311 g/mol. The molecule has 1 aliphatic rings. The summed E-state index contributed by atoms with van der Waals surface area (Å²) < 4.78 is 0. The second-order valence-electron chi connectivity index (χ2n) is 5.42. The van der Waals surface area contributed by atoms with Crippen LogP contribution in [0.1, 0.15) is 39.0 Å². The van der Waals surface area contributed by atoms with Crippen molar-refractivity contribution >= 4 is 25.6 Å². The minimum atomic E-state index is -0.968. The molecule has 7 nitrogen and oxygen atoms in total. The van der Waals surface area contributed by atoms with Crippen molar-refractivity contribution < 1.29 is 19.5 Å². The molecule has 8 heteroatoms. The van der Waals surface area contributed by atoms with Crippen molar-refractivity contribution in [1.82, 2.24) is 5.32 Å². The Morgan fingerprint density at radius 2 is 1.86 bits per heavy atom. The molecule has 1 aliphatic carbocycles. The summed E-state index contributed by atoms with van der Waals surface area (Å²) in [6, 6.07) is -0.968. The van der Waals surface area contributed by atoms with Crippen molar-refractivity contribution in [1.29, 1.82) is 0 Å². The fourth-order valence-corrected chi connectivity index (χ4v) is 2.45. The van der Waals surface area contributed by atoms with Gasteiger partial charge in [-0.3, -0.25) is 14.4 Å². The zero-order chi connectivity index (χ0) is 17.1. The van der Waals surface area contributed by atoms with Crippen LogP contribution in [0.15, 0.2) is 0 Å². The van der Waals surface area contributed by atoms with Gasteiger partial charge in [0.1, 0.15) is 0 Å². The van der Waals surface area contributed by atoms with Crippen LogP contribution < -0.4 is 16.8 Å². The zero-order valence-corrected chi connectivity index (χ0v) is 13.1. The van der Waals surface area contributed by atoms with E-state index < -0.39 is 29.7 Å². The Balaban J connectivity index is 0.00000135. The number of aliphatic carboxylic acids is 1. The summed E-state index contributed by atoms with van der Waals surface area (Å²) >= 11 is 0. The fourth-order valence-electron chi connectivity index (χ4n) is 2.45. The topological polar surface area (TPSA) is 136 Å². The number of nitrogens with one attached hydrogen (secondary N) is 1. The number of hydrogen-bond donors (Lipinski definition) is 4. The van der Waals surface area contributed by atoms with Gasteiger partial charge in [0.2, 0.25) is 11.8 Å². The molecule has 0 heterocycles. The van der Waals surface area contributed by atoms with Gasteiger partial charge in [-0.1, -0.05) is 26.1 Å². The molecule has 3 atom stereocenters. The molecule has 22 heavy (non-hydrogen) atoms. The maximum Gasteiger partial charge on any atom is 0.306 e. The summed E-state index contributed by atoms with van der Waals surface area (Å²) in [6.07, 6.45) is 3.84. The molecule has 2 radical (unpaired) electrons. The number of amides is 2. The summed E-state index contributed by atoms with van der Waals surface area (Å²) in [4.78, 5) is 33.3. The van der Waals surface area contributed by atoms with Crippen LogP contribution in [-0.4, -0.2) is 43.3 Å². The lowest BCUT2D eigenvalue weighted by Crippen LogP contribution is -2.46. The number of carbonyl (C=O) groups is 3. The number of rotatable bonds is 6. The van der Waals surface area contributed by atoms with Crippen LogP contribution in [0.3, 0.4) is 0 Å². The van der Waals surface area contributed by atoms with Crippen molar-refractivity contribution in [3.8, 4) is 0 Å². The summed E-state index contributed by atoms with van der Waals surface area (Å²) in [6.45, 7) is 2.18. The minimum Gasteiger partial charge on any atom is -0.481 e. The van der Waals surface area contributed by atoms with Crippen molar-refractivity contribution in [3.63, 3.8) is 0 Å². The van der Waals surface area contributed by atoms with Gasteiger partial charge in [0.05, 0.1) is 26.2 Å². The molecule has 0 aromatic rings. The highest BCUT2D eigenvalue weighted by atomic mass is 16.4. The lowest BCUT2D eigenvalue weighted by atomic mass is 9.79. The lowest BCUT2D eigenvalue weighted by Gasteiger charge is -2.28. The van der Waals surface area contributed by atoms with E-state index in [1.807, 2.05) is 6.92 Å². The number of carboxylic acids is 1. The quantitative estimate of drug-likeness (QED) is 0.503. The Bertz CT molecular complexity index is 379. The van der Waals surface area contributed by atoms with Crippen LogP contribution in [0, 0.1) is 11.8 Å². The Kier molecular flexibility index (Phi) is 10.3. The van der Waals surface area contributed by atoms with E-state index in [1.165, 1.54) is 0 Å². The summed E-state index contributed by atoms with van der Waals surface area (Å²) in [5.41, 5.74) is 10.5. The van der Waals surface area contributed by atoms with Crippen molar-refractivity contribution in [2.45, 2.75) is 51.4 Å². The first-order valence-electron chi connectivity index (χ1n) is 7.57. The predicted octanol–water partition coefficient (Wildman–Crippen LogP) is -0.211. The maximum absolute atomic E-state index is 11.6. The van der Waals surface area contributed by atoms with Crippen molar-refractivity contribution in [2.24, 2.45) is 23.3 Å². The van der Waals surface area contributed by atoms with Gasteiger partial charge in [-0.25, -0.2) is 0 Å². The van der Waals surface area contributed by atoms with Crippen LogP contribution >= 0.6 is 0 Å². The van der Waals surface area contributed by atoms with Gasteiger partial charge in [0.15, 0.2) is 0 Å². The number of carbonyl (C=O) groups excluding carboxylic acids is 2. The third-order valence-electron chi connectivity index (χ3n) is 3.52. The van der Waals surface area contributed by atoms with Crippen LogP contribution in [0.4, 0.5) is 0 Å². The summed E-state index contributed by atoms with van der Waals surface area (Å²) in [7, 11) is 4.85. The first kappa shape index (κ1) is 20.4. The summed E-state index contributed by atoms with van der Waals surface area (Å²) in [5, 5.41) is 11.7. The number of carboxylic acid groups (broad SMARTS) is 1. The van der Waals surface area contributed by atoms with Gasteiger partial charge < -0.3 is 21.9 Å². The second-order valence-corrected chi connectivity index (χ2v) is 5.42. The molecule has 1 rings (SSSR count). The first-order valence-corrected chi connectivity index (χ1v) is 7.57. The Hall–Kier alpha value is -1.57. The van der Waals surface area contributed by atoms with E-state index in [4.69, 9.17) is 24.4 Å². The first-order chi connectivity index (χ1) is 10.3.